The SMILES string of the molecule is CC1=C(C(=O)Nc2cccnn2)N2NC(c3ccccc3C(F)(F)F)C=CC2N1. The van der Waals surface area contributed by atoms with Crippen LogP contribution in [0.3, 0.4) is 0 Å². The summed E-state index contributed by atoms with van der Waals surface area (Å²) in [6.45, 7) is 1.72. The quantitative estimate of drug-likeness (QED) is 0.685. The van der Waals surface area contributed by atoms with Gasteiger partial charge in [-0.1, -0.05) is 24.3 Å². The molecule has 2 aromatic rings. The zero-order chi connectivity index (χ0) is 20.6. The first kappa shape index (κ1) is 18.9. The Kier molecular flexibility index (Phi) is 4.71. The van der Waals surface area contributed by atoms with Crippen molar-refractivity contribution in [3.63, 3.8) is 0 Å². The van der Waals surface area contributed by atoms with E-state index in [1.807, 2.05) is 0 Å². The lowest BCUT2D eigenvalue weighted by molar-refractivity contribution is -0.138. The molecule has 1 amide bonds. The average molecular weight is 402 g/mol. The molecule has 0 radical (unpaired) electrons. The molecule has 0 bridgehead atoms. The lowest BCUT2D eigenvalue weighted by Gasteiger charge is -2.35. The molecular formula is C19H17F3N6O. The van der Waals surface area contributed by atoms with Gasteiger partial charge in [0.2, 0.25) is 0 Å². The molecule has 150 valence electrons. The summed E-state index contributed by atoms with van der Waals surface area (Å²) >= 11 is 0. The van der Waals surface area contributed by atoms with Gasteiger partial charge in [-0.3, -0.25) is 9.80 Å². The van der Waals surface area contributed by atoms with E-state index in [0.29, 0.717) is 5.70 Å². The van der Waals surface area contributed by atoms with Gasteiger partial charge in [0.15, 0.2) is 5.82 Å². The zero-order valence-corrected chi connectivity index (χ0v) is 15.2. The van der Waals surface area contributed by atoms with E-state index in [-0.39, 0.29) is 17.1 Å². The van der Waals surface area contributed by atoms with E-state index in [0.717, 1.165) is 6.07 Å². The smallest absolute Gasteiger partial charge is 0.363 e. The predicted octanol–water partition coefficient (Wildman–Crippen LogP) is 2.71. The monoisotopic (exact) mass is 402 g/mol. The van der Waals surface area contributed by atoms with Crippen LogP contribution in [-0.4, -0.2) is 27.3 Å². The van der Waals surface area contributed by atoms with E-state index in [4.69, 9.17) is 0 Å². The van der Waals surface area contributed by atoms with Crippen molar-refractivity contribution in [2.24, 2.45) is 0 Å². The Hall–Kier alpha value is -3.40. The molecule has 2 unspecified atom stereocenters. The van der Waals surface area contributed by atoms with Crippen molar-refractivity contribution in [1.82, 2.24) is 25.9 Å². The molecule has 10 heteroatoms. The molecule has 0 spiro atoms. The highest BCUT2D eigenvalue weighted by atomic mass is 19.4. The third-order valence-corrected chi connectivity index (χ3v) is 4.63. The maximum Gasteiger partial charge on any atom is 0.416 e. The van der Waals surface area contributed by atoms with E-state index in [1.165, 1.54) is 23.3 Å². The summed E-state index contributed by atoms with van der Waals surface area (Å²) in [6.07, 6.45) is -0.0282. The second kappa shape index (κ2) is 7.21. The second-order valence-electron chi connectivity index (χ2n) is 6.57. The van der Waals surface area contributed by atoms with E-state index in [2.05, 4.69) is 26.3 Å². The van der Waals surface area contributed by atoms with Crippen molar-refractivity contribution < 1.29 is 18.0 Å². The van der Waals surface area contributed by atoms with Gasteiger partial charge in [0, 0.05) is 11.9 Å². The van der Waals surface area contributed by atoms with Crippen LogP contribution in [0, 0.1) is 0 Å². The first-order valence-corrected chi connectivity index (χ1v) is 8.81. The summed E-state index contributed by atoms with van der Waals surface area (Å²) in [5.74, 6) is -0.184. The zero-order valence-electron chi connectivity index (χ0n) is 15.2. The molecule has 1 aromatic carbocycles. The minimum Gasteiger partial charge on any atom is -0.363 e. The van der Waals surface area contributed by atoms with Gasteiger partial charge in [0.1, 0.15) is 11.9 Å². The highest BCUT2D eigenvalue weighted by Gasteiger charge is 2.39. The van der Waals surface area contributed by atoms with Crippen molar-refractivity contribution in [2.45, 2.75) is 25.3 Å². The third-order valence-electron chi connectivity index (χ3n) is 4.63. The number of allylic oxidation sites excluding steroid dienone is 1. The molecule has 0 saturated heterocycles. The number of carbonyl (C=O) groups is 1. The maximum absolute atomic E-state index is 13.4. The van der Waals surface area contributed by atoms with E-state index < -0.39 is 29.9 Å². The molecule has 1 aromatic heterocycles. The molecule has 4 rings (SSSR count). The van der Waals surface area contributed by atoms with Gasteiger partial charge in [-0.15, -0.1) is 5.10 Å². The molecular weight excluding hydrogens is 385 g/mol. The number of nitrogens with zero attached hydrogens (tertiary/aromatic N) is 3. The van der Waals surface area contributed by atoms with Crippen molar-refractivity contribution >= 4 is 11.7 Å². The van der Waals surface area contributed by atoms with Crippen molar-refractivity contribution in [3.05, 3.63) is 77.3 Å². The van der Waals surface area contributed by atoms with E-state index in [1.54, 1.807) is 37.3 Å². The van der Waals surface area contributed by atoms with Crippen LogP contribution >= 0.6 is 0 Å². The lowest BCUT2D eigenvalue weighted by atomic mass is 9.99. The molecule has 0 aliphatic carbocycles. The van der Waals surface area contributed by atoms with Crippen molar-refractivity contribution in [2.75, 3.05) is 5.32 Å². The number of amides is 1. The normalized spacial score (nSPS) is 21.0. The van der Waals surface area contributed by atoms with Crippen molar-refractivity contribution in [1.29, 1.82) is 0 Å². The van der Waals surface area contributed by atoms with Crippen LogP contribution in [0.4, 0.5) is 19.0 Å². The van der Waals surface area contributed by atoms with Gasteiger partial charge in [-0.25, -0.2) is 5.43 Å². The van der Waals surface area contributed by atoms with Gasteiger partial charge >= 0.3 is 6.18 Å². The molecule has 3 N–H and O–H groups in total. The summed E-state index contributed by atoms with van der Waals surface area (Å²) in [7, 11) is 0. The van der Waals surface area contributed by atoms with Gasteiger partial charge in [0.25, 0.3) is 5.91 Å². The fraction of sp³-hybridized carbons (Fsp3) is 0.211. The Morgan fingerprint density at radius 2 is 1.97 bits per heavy atom. The molecule has 2 aliphatic rings. The van der Waals surface area contributed by atoms with Crippen LogP contribution in [0.15, 0.2) is 66.1 Å². The van der Waals surface area contributed by atoms with Gasteiger partial charge in [0.05, 0.1) is 11.6 Å². The van der Waals surface area contributed by atoms with Gasteiger partial charge < -0.3 is 10.6 Å². The van der Waals surface area contributed by atoms with Gasteiger partial charge in [-0.05, 0) is 36.8 Å². The van der Waals surface area contributed by atoms with Crippen LogP contribution < -0.4 is 16.1 Å². The Balaban J connectivity index is 1.60. The Labute approximate surface area is 164 Å². The fourth-order valence-electron chi connectivity index (χ4n) is 3.39. The number of alkyl halides is 3. The lowest BCUT2D eigenvalue weighted by Crippen LogP contribution is -2.50. The number of halogens is 3. The number of carbonyl (C=O) groups excluding carboxylic acids is 1. The summed E-state index contributed by atoms with van der Waals surface area (Å²) in [4.78, 5) is 12.8. The molecule has 7 nitrogen and oxygen atoms in total. The number of benzene rings is 1. The van der Waals surface area contributed by atoms with Gasteiger partial charge in [-0.2, -0.15) is 18.3 Å². The van der Waals surface area contributed by atoms with Crippen LogP contribution in [0.25, 0.3) is 0 Å². The highest BCUT2D eigenvalue weighted by molar-refractivity contribution is 6.03. The molecule has 0 saturated carbocycles. The standard InChI is InChI=1S/C19H17F3N6O/c1-11-17(18(29)25-15-7-4-10-23-26-15)28-16(24-11)9-8-14(27-28)12-5-2-3-6-13(12)19(20,21)22/h2-10,14,16,24,27H,1H3,(H,25,26,29). The number of aromatic nitrogens is 2. The van der Waals surface area contributed by atoms with Crippen LogP contribution in [0.1, 0.15) is 24.1 Å². The first-order valence-electron chi connectivity index (χ1n) is 8.81. The highest BCUT2D eigenvalue weighted by Crippen LogP contribution is 2.36. The molecule has 2 aliphatic heterocycles. The third kappa shape index (κ3) is 3.66. The summed E-state index contributed by atoms with van der Waals surface area (Å²) in [5.41, 5.74) is 3.22. The van der Waals surface area contributed by atoms with E-state index >= 15 is 0 Å². The van der Waals surface area contributed by atoms with Crippen LogP contribution in [-0.2, 0) is 11.0 Å². The fourth-order valence-corrected chi connectivity index (χ4v) is 3.39. The summed E-state index contributed by atoms with van der Waals surface area (Å²) in [6, 6.07) is 7.83. The first-order chi connectivity index (χ1) is 13.8. The largest absolute Gasteiger partial charge is 0.416 e. The predicted molar refractivity (Wildman–Crippen MR) is 98.6 cm³/mol. The molecule has 0 fully saturated rings. The van der Waals surface area contributed by atoms with E-state index in [9.17, 15) is 18.0 Å². The summed E-state index contributed by atoms with van der Waals surface area (Å²) in [5, 5.41) is 14.8. The molecule has 2 atom stereocenters. The Bertz CT molecular complexity index is 989. The minimum atomic E-state index is -4.48. The maximum atomic E-state index is 13.4. The average Bonchev–Trinajstić information content (AvgIpc) is 3.03. The Morgan fingerprint density at radius 3 is 2.69 bits per heavy atom. The number of nitrogens with one attached hydrogen (secondary N) is 3. The number of anilines is 1. The minimum absolute atomic E-state index is 0.0768. The van der Waals surface area contributed by atoms with Crippen molar-refractivity contribution in [3.8, 4) is 0 Å². The van der Waals surface area contributed by atoms with Crippen LogP contribution in [0.2, 0.25) is 0 Å². The summed E-state index contributed by atoms with van der Waals surface area (Å²) < 4.78 is 40.2. The topological polar surface area (TPSA) is 82.2 Å². The number of hydrogen-bond donors (Lipinski definition) is 3. The number of hydrogen-bond acceptors (Lipinski definition) is 6. The molecule has 3 heterocycles. The second-order valence-corrected chi connectivity index (χ2v) is 6.57. The number of rotatable bonds is 3. The Morgan fingerprint density at radius 1 is 1.17 bits per heavy atom. The number of fused-ring (bicyclic) bond motifs is 1. The molecule has 29 heavy (non-hydrogen) atoms. The van der Waals surface area contributed by atoms with Crippen LogP contribution in [0.5, 0.6) is 0 Å². The number of hydrazine groups is 1.